The number of amides is 1. The van der Waals surface area contributed by atoms with Crippen LogP contribution in [0.5, 0.6) is 0 Å². The minimum absolute atomic E-state index is 0.168. The molecule has 0 radical (unpaired) electrons. The molecule has 2 heterocycles. The van der Waals surface area contributed by atoms with Gasteiger partial charge in [0.25, 0.3) is 10.0 Å². The summed E-state index contributed by atoms with van der Waals surface area (Å²) >= 11 is 1.13. The first kappa shape index (κ1) is 18.0. The molecule has 25 heavy (non-hydrogen) atoms. The number of halogens is 2. The summed E-state index contributed by atoms with van der Waals surface area (Å²) in [5.41, 5.74) is -0.304. The van der Waals surface area contributed by atoms with Crippen LogP contribution in [0.15, 0.2) is 34.5 Å². The van der Waals surface area contributed by atoms with E-state index < -0.39 is 33.6 Å². The van der Waals surface area contributed by atoms with Gasteiger partial charge >= 0.3 is 0 Å². The molecule has 1 aromatic heterocycles. The Morgan fingerprint density at radius 3 is 2.72 bits per heavy atom. The van der Waals surface area contributed by atoms with E-state index in [1.807, 2.05) is 0 Å². The second-order valence-corrected chi connectivity index (χ2v) is 9.13. The molecular formula is C16H16F2N2O3S2. The molecule has 1 N–H and O–H groups in total. The monoisotopic (exact) mass is 386 g/mol. The molecule has 3 rings (SSSR count). The molecule has 2 aromatic rings. The number of carbonyl (C=O) groups is 1. The number of hydrogen-bond donors (Lipinski definition) is 1. The van der Waals surface area contributed by atoms with Gasteiger partial charge in [-0.1, -0.05) is 6.07 Å². The van der Waals surface area contributed by atoms with Gasteiger partial charge in [0.1, 0.15) is 10.3 Å². The van der Waals surface area contributed by atoms with E-state index in [-0.39, 0.29) is 16.4 Å². The van der Waals surface area contributed by atoms with E-state index in [4.69, 9.17) is 0 Å². The Balaban J connectivity index is 1.84. The molecule has 9 heteroatoms. The van der Waals surface area contributed by atoms with Gasteiger partial charge in [-0.25, -0.2) is 17.2 Å². The summed E-state index contributed by atoms with van der Waals surface area (Å²) in [7, 11) is -3.80. The Morgan fingerprint density at radius 1 is 1.28 bits per heavy atom. The number of nitrogens with zero attached hydrogens (tertiary/aromatic N) is 1. The standard InChI is InChI=1S/C16H16F2N2O3S2/c1-10-7-8-14(24-10)25(22,23)20-9-3-6-13(20)16(21)19-12-5-2-4-11(17)15(12)18/h2,4-5,7-8,13H,3,6,9H2,1H3,(H,19,21). The van der Waals surface area contributed by atoms with Crippen molar-refractivity contribution in [1.82, 2.24) is 4.31 Å². The molecule has 1 atom stereocenters. The maximum absolute atomic E-state index is 13.7. The summed E-state index contributed by atoms with van der Waals surface area (Å²) in [4.78, 5) is 13.3. The van der Waals surface area contributed by atoms with E-state index in [9.17, 15) is 22.0 Å². The first-order chi connectivity index (χ1) is 11.8. The van der Waals surface area contributed by atoms with Crippen LogP contribution in [0.3, 0.4) is 0 Å². The maximum Gasteiger partial charge on any atom is 0.253 e. The van der Waals surface area contributed by atoms with E-state index >= 15 is 0 Å². The van der Waals surface area contributed by atoms with Crippen molar-refractivity contribution in [3.05, 3.63) is 46.8 Å². The van der Waals surface area contributed by atoms with E-state index in [0.717, 1.165) is 26.6 Å². The van der Waals surface area contributed by atoms with E-state index in [1.54, 1.807) is 13.0 Å². The number of aryl methyl sites for hydroxylation is 1. The van der Waals surface area contributed by atoms with Gasteiger partial charge in [-0.3, -0.25) is 4.79 Å². The molecule has 1 aromatic carbocycles. The molecule has 0 bridgehead atoms. The van der Waals surface area contributed by atoms with Crippen molar-refractivity contribution < 1.29 is 22.0 Å². The first-order valence-electron chi connectivity index (χ1n) is 7.64. The van der Waals surface area contributed by atoms with Gasteiger partial charge in [0.05, 0.1) is 5.69 Å². The van der Waals surface area contributed by atoms with Crippen molar-refractivity contribution in [1.29, 1.82) is 0 Å². The lowest BCUT2D eigenvalue weighted by molar-refractivity contribution is -0.119. The lowest BCUT2D eigenvalue weighted by Crippen LogP contribution is -2.43. The minimum Gasteiger partial charge on any atom is -0.322 e. The van der Waals surface area contributed by atoms with Crippen LogP contribution in [0.25, 0.3) is 0 Å². The molecule has 1 aliphatic heterocycles. The van der Waals surface area contributed by atoms with Crippen molar-refractivity contribution in [2.24, 2.45) is 0 Å². The Hall–Kier alpha value is -1.84. The molecule has 1 unspecified atom stereocenters. The predicted octanol–water partition coefficient (Wildman–Crippen LogP) is 3.13. The van der Waals surface area contributed by atoms with Gasteiger partial charge in [0.15, 0.2) is 11.6 Å². The van der Waals surface area contributed by atoms with Gasteiger partial charge in [-0.05, 0) is 44.0 Å². The summed E-state index contributed by atoms with van der Waals surface area (Å²) in [5.74, 6) is -2.92. The summed E-state index contributed by atoms with van der Waals surface area (Å²) < 4.78 is 53.8. The number of rotatable bonds is 4. The molecule has 1 aliphatic rings. The quantitative estimate of drug-likeness (QED) is 0.878. The Morgan fingerprint density at radius 2 is 2.04 bits per heavy atom. The summed E-state index contributed by atoms with van der Waals surface area (Å²) in [6.07, 6.45) is 0.847. The van der Waals surface area contributed by atoms with Crippen molar-refractivity contribution in [3.8, 4) is 0 Å². The largest absolute Gasteiger partial charge is 0.322 e. The van der Waals surface area contributed by atoms with Crippen molar-refractivity contribution in [3.63, 3.8) is 0 Å². The Bertz CT molecular complexity index is 912. The minimum atomic E-state index is -3.80. The summed E-state index contributed by atoms with van der Waals surface area (Å²) in [6, 6.07) is 5.70. The van der Waals surface area contributed by atoms with Crippen LogP contribution in [0.1, 0.15) is 17.7 Å². The lowest BCUT2D eigenvalue weighted by atomic mass is 10.2. The van der Waals surface area contributed by atoms with Crippen molar-refractivity contribution >= 4 is 33.0 Å². The lowest BCUT2D eigenvalue weighted by Gasteiger charge is -2.22. The second kappa shape index (κ2) is 6.81. The fourth-order valence-corrected chi connectivity index (χ4v) is 5.84. The molecule has 0 saturated carbocycles. The average molecular weight is 386 g/mol. The molecule has 0 aliphatic carbocycles. The highest BCUT2D eigenvalue weighted by molar-refractivity contribution is 7.91. The molecule has 134 valence electrons. The van der Waals surface area contributed by atoms with Gasteiger partial charge in [0.2, 0.25) is 5.91 Å². The molecular weight excluding hydrogens is 370 g/mol. The second-order valence-electron chi connectivity index (χ2n) is 5.73. The third kappa shape index (κ3) is 3.44. The van der Waals surface area contributed by atoms with Crippen molar-refractivity contribution in [2.45, 2.75) is 30.0 Å². The smallest absolute Gasteiger partial charge is 0.253 e. The molecule has 0 spiro atoms. The highest BCUT2D eigenvalue weighted by Gasteiger charge is 2.40. The number of anilines is 1. The number of sulfonamides is 1. The van der Waals surface area contributed by atoms with Gasteiger partial charge in [-0.15, -0.1) is 11.3 Å². The van der Waals surface area contributed by atoms with Crippen LogP contribution >= 0.6 is 11.3 Å². The maximum atomic E-state index is 13.7. The number of thiophene rings is 1. The van der Waals surface area contributed by atoms with Crippen LogP contribution in [-0.4, -0.2) is 31.2 Å². The highest BCUT2D eigenvalue weighted by Crippen LogP contribution is 2.31. The average Bonchev–Trinajstić information content (AvgIpc) is 3.21. The number of carbonyl (C=O) groups excluding carboxylic acids is 1. The van der Waals surface area contributed by atoms with Gasteiger partial charge in [-0.2, -0.15) is 4.31 Å². The fraction of sp³-hybridized carbons (Fsp3) is 0.312. The van der Waals surface area contributed by atoms with Crippen LogP contribution in [0.4, 0.5) is 14.5 Å². The Labute approximate surface area is 148 Å². The normalized spacial score (nSPS) is 18.4. The zero-order valence-corrected chi connectivity index (χ0v) is 15.0. The van der Waals surface area contributed by atoms with Crippen LogP contribution in [0, 0.1) is 18.6 Å². The van der Waals surface area contributed by atoms with E-state index in [0.29, 0.717) is 12.8 Å². The zero-order chi connectivity index (χ0) is 18.2. The number of benzene rings is 1. The summed E-state index contributed by atoms with van der Waals surface area (Å²) in [5, 5.41) is 2.30. The topological polar surface area (TPSA) is 66.5 Å². The number of nitrogens with one attached hydrogen (secondary N) is 1. The van der Waals surface area contributed by atoms with Crippen molar-refractivity contribution in [2.75, 3.05) is 11.9 Å². The third-order valence-corrected chi connectivity index (χ3v) is 7.37. The first-order valence-corrected chi connectivity index (χ1v) is 9.89. The van der Waals surface area contributed by atoms with Crippen LogP contribution in [-0.2, 0) is 14.8 Å². The zero-order valence-electron chi connectivity index (χ0n) is 13.3. The van der Waals surface area contributed by atoms with Gasteiger partial charge in [0, 0.05) is 11.4 Å². The van der Waals surface area contributed by atoms with E-state index in [1.165, 1.54) is 18.2 Å². The van der Waals surface area contributed by atoms with Crippen LogP contribution < -0.4 is 5.32 Å². The fourth-order valence-electron chi connectivity index (χ4n) is 2.77. The number of hydrogen-bond acceptors (Lipinski definition) is 4. The van der Waals surface area contributed by atoms with Crippen LogP contribution in [0.2, 0.25) is 0 Å². The predicted molar refractivity (Wildman–Crippen MR) is 91.0 cm³/mol. The third-order valence-electron chi connectivity index (χ3n) is 3.99. The molecule has 1 saturated heterocycles. The molecule has 1 amide bonds. The van der Waals surface area contributed by atoms with E-state index in [2.05, 4.69) is 5.32 Å². The molecule has 1 fully saturated rings. The van der Waals surface area contributed by atoms with Gasteiger partial charge < -0.3 is 5.32 Å². The SMILES string of the molecule is Cc1ccc(S(=O)(=O)N2CCCC2C(=O)Nc2cccc(F)c2F)s1. The summed E-state index contributed by atoms with van der Waals surface area (Å²) in [6.45, 7) is 2.01. The molecule has 5 nitrogen and oxygen atoms in total. The highest BCUT2D eigenvalue weighted by atomic mass is 32.2. The Kier molecular flexibility index (Phi) is 4.90.